The first kappa shape index (κ1) is 11.3. The summed E-state index contributed by atoms with van der Waals surface area (Å²) in [6.07, 6.45) is 7.83. The molecular weight excluding hydrogens is 202 g/mol. The first-order chi connectivity index (χ1) is 7.65. The van der Waals surface area contributed by atoms with Gasteiger partial charge in [0.2, 0.25) is 0 Å². The van der Waals surface area contributed by atoms with Crippen molar-refractivity contribution in [2.45, 2.75) is 51.1 Å². The van der Waals surface area contributed by atoms with Gasteiger partial charge in [0.25, 0.3) is 0 Å². The Kier molecular flexibility index (Phi) is 3.10. The molecule has 1 aromatic rings. The molecule has 0 aliphatic heterocycles. The van der Waals surface area contributed by atoms with E-state index in [4.69, 9.17) is 5.73 Å². The van der Waals surface area contributed by atoms with E-state index in [0.717, 1.165) is 38.1 Å². The third-order valence-corrected chi connectivity index (χ3v) is 3.51. The molecule has 0 aromatic carbocycles. The second-order valence-electron chi connectivity index (χ2n) is 4.59. The van der Waals surface area contributed by atoms with Gasteiger partial charge in [0, 0.05) is 18.9 Å². The van der Waals surface area contributed by atoms with Crippen molar-refractivity contribution in [3.63, 3.8) is 0 Å². The van der Waals surface area contributed by atoms with Gasteiger partial charge >= 0.3 is 0 Å². The molecule has 1 heterocycles. The number of rotatable bonds is 4. The van der Waals surface area contributed by atoms with E-state index < -0.39 is 5.54 Å². The van der Waals surface area contributed by atoms with E-state index in [-0.39, 0.29) is 5.78 Å². The minimum atomic E-state index is -0.579. The Labute approximate surface area is 95.9 Å². The van der Waals surface area contributed by atoms with Crippen LogP contribution in [0.4, 0.5) is 0 Å². The zero-order valence-corrected chi connectivity index (χ0v) is 9.78. The summed E-state index contributed by atoms with van der Waals surface area (Å²) in [4.78, 5) is 16.3. The lowest BCUT2D eigenvalue weighted by molar-refractivity contribution is -0.123. The summed E-state index contributed by atoms with van der Waals surface area (Å²) in [5.74, 6) is 0.982. The van der Waals surface area contributed by atoms with Crippen LogP contribution < -0.4 is 5.73 Å². The summed E-state index contributed by atoms with van der Waals surface area (Å²) in [6, 6.07) is 0. The smallest absolute Gasteiger partial charge is 0.160 e. The van der Waals surface area contributed by atoms with E-state index in [1.807, 2.05) is 17.7 Å². The summed E-state index contributed by atoms with van der Waals surface area (Å²) in [6.45, 7) is 2.89. The molecule has 0 bridgehead atoms. The van der Waals surface area contributed by atoms with Crippen LogP contribution in [0.15, 0.2) is 12.4 Å². The molecule has 1 saturated carbocycles. The highest BCUT2D eigenvalue weighted by Crippen LogP contribution is 2.28. The van der Waals surface area contributed by atoms with E-state index in [9.17, 15) is 4.79 Å². The first-order valence-corrected chi connectivity index (χ1v) is 5.98. The number of hydrogen-bond donors (Lipinski definition) is 1. The zero-order valence-electron chi connectivity index (χ0n) is 9.78. The second-order valence-corrected chi connectivity index (χ2v) is 4.59. The Morgan fingerprint density at radius 1 is 1.56 bits per heavy atom. The molecule has 1 aliphatic rings. The maximum Gasteiger partial charge on any atom is 0.160 e. The van der Waals surface area contributed by atoms with E-state index >= 15 is 0 Å². The molecule has 0 unspecified atom stereocenters. The number of imidazole rings is 1. The number of hydrogen-bond acceptors (Lipinski definition) is 3. The molecule has 1 aromatic heterocycles. The van der Waals surface area contributed by atoms with Crippen LogP contribution in [-0.2, 0) is 17.8 Å². The van der Waals surface area contributed by atoms with Gasteiger partial charge in [0.1, 0.15) is 5.82 Å². The third-order valence-electron chi connectivity index (χ3n) is 3.51. The molecule has 88 valence electrons. The van der Waals surface area contributed by atoms with Crippen molar-refractivity contribution in [1.29, 1.82) is 0 Å². The number of nitrogens with two attached hydrogens (primary N) is 1. The average Bonchev–Trinajstić information content (AvgIpc) is 2.87. The molecule has 4 nitrogen and oxygen atoms in total. The molecule has 4 heteroatoms. The van der Waals surface area contributed by atoms with Gasteiger partial charge in [-0.3, -0.25) is 4.79 Å². The normalized spacial score (nSPS) is 18.9. The van der Waals surface area contributed by atoms with Crippen molar-refractivity contribution >= 4 is 5.78 Å². The Morgan fingerprint density at radius 3 is 2.88 bits per heavy atom. The Hall–Kier alpha value is -1.16. The van der Waals surface area contributed by atoms with Gasteiger partial charge in [0.15, 0.2) is 5.78 Å². The van der Waals surface area contributed by atoms with Crippen molar-refractivity contribution in [3.05, 3.63) is 18.2 Å². The molecule has 0 atom stereocenters. The molecule has 1 fully saturated rings. The van der Waals surface area contributed by atoms with E-state index in [1.165, 1.54) is 0 Å². The summed E-state index contributed by atoms with van der Waals surface area (Å²) < 4.78 is 2.00. The highest BCUT2D eigenvalue weighted by molar-refractivity contribution is 5.89. The fourth-order valence-electron chi connectivity index (χ4n) is 2.40. The fourth-order valence-corrected chi connectivity index (χ4v) is 2.40. The molecular formula is C12H19N3O. The molecule has 1 aliphatic carbocycles. The minimum absolute atomic E-state index is 0.144. The maximum absolute atomic E-state index is 12.1. The Morgan fingerprint density at radius 2 is 2.25 bits per heavy atom. The van der Waals surface area contributed by atoms with Gasteiger partial charge in [-0.15, -0.1) is 0 Å². The number of ketones is 1. The predicted molar refractivity (Wildman–Crippen MR) is 62.0 cm³/mol. The van der Waals surface area contributed by atoms with Crippen molar-refractivity contribution in [2.75, 3.05) is 0 Å². The first-order valence-electron chi connectivity index (χ1n) is 5.98. The SMILES string of the molecule is CCn1ccnc1CC(=O)C1(N)CCCC1. The van der Waals surface area contributed by atoms with Crippen molar-refractivity contribution in [3.8, 4) is 0 Å². The Balaban J connectivity index is 2.07. The largest absolute Gasteiger partial charge is 0.335 e. The van der Waals surface area contributed by atoms with Crippen LogP contribution in [-0.4, -0.2) is 20.9 Å². The topological polar surface area (TPSA) is 60.9 Å². The maximum atomic E-state index is 12.1. The fraction of sp³-hybridized carbons (Fsp3) is 0.667. The molecule has 2 rings (SSSR count). The summed E-state index contributed by atoms with van der Waals surface area (Å²) >= 11 is 0. The second kappa shape index (κ2) is 4.37. The summed E-state index contributed by atoms with van der Waals surface area (Å²) in [7, 11) is 0. The van der Waals surface area contributed by atoms with Crippen LogP contribution >= 0.6 is 0 Å². The van der Waals surface area contributed by atoms with E-state index in [1.54, 1.807) is 6.20 Å². The van der Waals surface area contributed by atoms with Crippen molar-refractivity contribution in [1.82, 2.24) is 9.55 Å². The van der Waals surface area contributed by atoms with Crippen LogP contribution in [0.5, 0.6) is 0 Å². The van der Waals surface area contributed by atoms with Gasteiger partial charge < -0.3 is 10.3 Å². The number of aromatic nitrogens is 2. The molecule has 16 heavy (non-hydrogen) atoms. The monoisotopic (exact) mass is 221 g/mol. The third kappa shape index (κ3) is 2.02. The molecule has 0 saturated heterocycles. The van der Waals surface area contributed by atoms with E-state index in [2.05, 4.69) is 4.98 Å². The Bertz CT molecular complexity index is 377. The van der Waals surface area contributed by atoms with Gasteiger partial charge in [-0.2, -0.15) is 0 Å². The molecule has 0 spiro atoms. The highest BCUT2D eigenvalue weighted by Gasteiger charge is 2.36. The van der Waals surface area contributed by atoms with E-state index in [0.29, 0.717) is 6.42 Å². The number of carbonyl (C=O) groups is 1. The average molecular weight is 221 g/mol. The predicted octanol–water partition coefficient (Wildman–Crippen LogP) is 1.29. The lowest BCUT2D eigenvalue weighted by atomic mass is 9.91. The zero-order chi connectivity index (χ0) is 11.6. The minimum Gasteiger partial charge on any atom is -0.335 e. The number of aryl methyl sites for hydroxylation is 1. The molecule has 0 radical (unpaired) electrons. The standard InChI is InChI=1S/C12H19N3O/c1-2-15-8-7-14-11(15)9-10(16)12(13)5-3-4-6-12/h7-8H,2-6,9,13H2,1H3. The summed E-state index contributed by atoms with van der Waals surface area (Å²) in [5.41, 5.74) is 5.55. The van der Waals surface area contributed by atoms with Crippen molar-refractivity contribution < 1.29 is 4.79 Å². The quantitative estimate of drug-likeness (QED) is 0.833. The van der Waals surface area contributed by atoms with Crippen LogP contribution in [0.25, 0.3) is 0 Å². The molecule has 2 N–H and O–H groups in total. The van der Waals surface area contributed by atoms with Crippen molar-refractivity contribution in [2.24, 2.45) is 5.73 Å². The highest BCUT2D eigenvalue weighted by atomic mass is 16.1. The molecule has 0 amide bonds. The van der Waals surface area contributed by atoms with Crippen LogP contribution in [0.3, 0.4) is 0 Å². The van der Waals surface area contributed by atoms with Gasteiger partial charge in [-0.25, -0.2) is 4.98 Å². The van der Waals surface area contributed by atoms with Crippen LogP contribution in [0.2, 0.25) is 0 Å². The number of nitrogens with zero attached hydrogens (tertiary/aromatic N) is 2. The van der Waals surface area contributed by atoms with Gasteiger partial charge in [0.05, 0.1) is 12.0 Å². The lowest BCUT2D eigenvalue weighted by Gasteiger charge is -2.21. The van der Waals surface area contributed by atoms with Crippen LogP contribution in [0.1, 0.15) is 38.4 Å². The number of Topliss-reactive ketones (excluding diaryl/α,β-unsaturated/α-hetero) is 1. The van der Waals surface area contributed by atoms with Gasteiger partial charge in [-0.05, 0) is 19.8 Å². The van der Waals surface area contributed by atoms with Crippen LogP contribution in [0, 0.1) is 0 Å². The van der Waals surface area contributed by atoms with Gasteiger partial charge in [-0.1, -0.05) is 12.8 Å². The summed E-state index contributed by atoms with van der Waals surface area (Å²) in [5, 5.41) is 0. The lowest BCUT2D eigenvalue weighted by Crippen LogP contribution is -2.46. The number of carbonyl (C=O) groups excluding carboxylic acids is 1.